The predicted molar refractivity (Wildman–Crippen MR) is 180 cm³/mol. The van der Waals surface area contributed by atoms with Gasteiger partial charge in [-0.3, -0.25) is 0 Å². The van der Waals surface area contributed by atoms with Crippen molar-refractivity contribution in [1.29, 1.82) is 0 Å². The molecule has 0 saturated heterocycles. The minimum Gasteiger partial charge on any atom is -0.0819 e. The normalized spacial score (nSPS) is 46.0. The Labute approximate surface area is 258 Å². The fraction of sp³-hybridized carbons (Fsp3) is 0.951. The first-order valence-electron chi connectivity index (χ1n) is 19.6. The van der Waals surface area contributed by atoms with Gasteiger partial charge in [-0.25, -0.2) is 0 Å². The molecule has 0 heterocycles. The Morgan fingerprint density at radius 2 is 1.37 bits per heavy atom. The van der Waals surface area contributed by atoms with Gasteiger partial charge >= 0.3 is 0 Å². The van der Waals surface area contributed by atoms with Crippen LogP contribution in [0.25, 0.3) is 0 Å². The third-order valence-corrected chi connectivity index (χ3v) is 15.3. The molecule has 11 atom stereocenters. The van der Waals surface area contributed by atoms with Gasteiger partial charge in [0.15, 0.2) is 0 Å². The molecule has 11 unspecified atom stereocenters. The van der Waals surface area contributed by atoms with Crippen LogP contribution in [0.3, 0.4) is 0 Å². The fourth-order valence-corrected chi connectivity index (χ4v) is 13.7. The lowest BCUT2D eigenvalue weighted by Crippen LogP contribution is -2.50. The maximum atomic E-state index is 2.97. The van der Waals surface area contributed by atoms with Gasteiger partial charge in [-0.1, -0.05) is 137 Å². The molecule has 0 amide bonds. The van der Waals surface area contributed by atoms with Crippen molar-refractivity contribution in [3.05, 3.63) is 11.6 Å². The van der Waals surface area contributed by atoms with Gasteiger partial charge in [0.1, 0.15) is 0 Å². The Bertz CT molecular complexity index is 825. The lowest BCUT2D eigenvalue weighted by Gasteiger charge is -2.57. The summed E-state index contributed by atoms with van der Waals surface area (Å²) in [5.41, 5.74) is 2.61. The molecule has 0 bridgehead atoms. The highest BCUT2D eigenvalue weighted by Crippen LogP contribution is 2.65. The Kier molecular flexibility index (Phi) is 11.2. The molecular formula is C41H72. The summed E-state index contributed by atoms with van der Waals surface area (Å²) in [5, 5.41) is 0. The molecule has 5 aliphatic carbocycles. The third-order valence-electron chi connectivity index (χ3n) is 15.3. The van der Waals surface area contributed by atoms with E-state index in [2.05, 4.69) is 54.5 Å². The largest absolute Gasteiger partial charge is 0.0819 e. The summed E-state index contributed by atoms with van der Waals surface area (Å²) in [4.78, 5) is 0. The molecule has 0 aromatic rings. The summed E-state index contributed by atoms with van der Waals surface area (Å²) in [7, 11) is 0. The smallest absolute Gasteiger partial charge is 0.0141 e. The van der Waals surface area contributed by atoms with Gasteiger partial charge < -0.3 is 0 Å². The van der Waals surface area contributed by atoms with E-state index in [1.54, 1.807) is 25.7 Å². The summed E-state index contributed by atoms with van der Waals surface area (Å²) in [6.07, 6.45) is 31.1. The zero-order valence-corrected chi connectivity index (χ0v) is 28.9. The standard InChI is InChI=1S/C41H72/c1-8-17-37-28(5)26-38(36(11-4)35(37)10-3)40-33(27-31-18-12-13-19-31)24-23-29(6)41(30(7)34(40)9-2)25-16-22-39(41)32-20-14-15-21-32/h27-32,34-40H,8-26H2,1-7H3. The number of rotatable bonds is 8. The first kappa shape index (κ1) is 32.1. The van der Waals surface area contributed by atoms with Gasteiger partial charge in [0.05, 0.1) is 0 Å². The van der Waals surface area contributed by atoms with Crippen LogP contribution in [-0.4, -0.2) is 0 Å². The van der Waals surface area contributed by atoms with Gasteiger partial charge in [0.25, 0.3) is 0 Å². The summed E-state index contributed by atoms with van der Waals surface area (Å²) in [6, 6.07) is 0. The average Bonchev–Trinajstić information content (AvgIpc) is 3.76. The van der Waals surface area contributed by atoms with Crippen LogP contribution in [-0.2, 0) is 0 Å². The lowest BCUT2D eigenvalue weighted by molar-refractivity contribution is -0.0670. The summed E-state index contributed by atoms with van der Waals surface area (Å²) in [5.74, 6) is 11.2. The van der Waals surface area contributed by atoms with E-state index in [0.29, 0.717) is 5.41 Å². The summed E-state index contributed by atoms with van der Waals surface area (Å²) < 4.78 is 0. The Hall–Kier alpha value is -0.260. The Balaban J connectivity index is 1.58. The zero-order valence-electron chi connectivity index (χ0n) is 28.9. The highest BCUT2D eigenvalue weighted by Gasteiger charge is 2.57. The maximum absolute atomic E-state index is 2.97. The van der Waals surface area contributed by atoms with Gasteiger partial charge in [0.2, 0.25) is 0 Å². The minimum atomic E-state index is 0.615. The van der Waals surface area contributed by atoms with Crippen LogP contribution in [0, 0.1) is 76.4 Å². The van der Waals surface area contributed by atoms with E-state index in [1.807, 2.05) is 5.57 Å². The molecule has 236 valence electrons. The van der Waals surface area contributed by atoms with Crippen molar-refractivity contribution >= 4 is 0 Å². The summed E-state index contributed by atoms with van der Waals surface area (Å²) in [6.45, 7) is 18.5. The van der Waals surface area contributed by atoms with E-state index in [1.165, 1.54) is 96.3 Å². The van der Waals surface area contributed by atoms with Crippen molar-refractivity contribution in [3.8, 4) is 0 Å². The highest BCUT2D eigenvalue weighted by atomic mass is 14.6. The molecule has 41 heavy (non-hydrogen) atoms. The van der Waals surface area contributed by atoms with E-state index >= 15 is 0 Å². The molecule has 0 aromatic heterocycles. The van der Waals surface area contributed by atoms with Crippen LogP contribution in [0.15, 0.2) is 11.6 Å². The number of hydrogen-bond donors (Lipinski definition) is 0. The van der Waals surface area contributed by atoms with Gasteiger partial charge in [0, 0.05) is 0 Å². The molecule has 0 radical (unpaired) electrons. The van der Waals surface area contributed by atoms with E-state index < -0.39 is 0 Å². The first-order valence-corrected chi connectivity index (χ1v) is 19.6. The highest BCUT2D eigenvalue weighted by molar-refractivity contribution is 5.18. The molecule has 0 N–H and O–H groups in total. The van der Waals surface area contributed by atoms with Crippen LogP contribution in [0.1, 0.15) is 170 Å². The second-order valence-corrected chi connectivity index (χ2v) is 16.7. The van der Waals surface area contributed by atoms with Crippen LogP contribution in [0.2, 0.25) is 0 Å². The van der Waals surface area contributed by atoms with Crippen molar-refractivity contribution in [2.45, 2.75) is 170 Å². The fourth-order valence-electron chi connectivity index (χ4n) is 13.7. The van der Waals surface area contributed by atoms with Crippen LogP contribution in [0.4, 0.5) is 0 Å². The van der Waals surface area contributed by atoms with E-state index in [0.717, 1.165) is 71.0 Å². The lowest BCUT2D eigenvalue weighted by atomic mass is 9.47. The van der Waals surface area contributed by atoms with Crippen LogP contribution >= 0.6 is 0 Å². The second kappa shape index (κ2) is 14.2. The number of hydrogen-bond acceptors (Lipinski definition) is 0. The minimum absolute atomic E-state index is 0.615. The molecule has 5 saturated carbocycles. The zero-order chi connectivity index (χ0) is 29.1. The second-order valence-electron chi connectivity index (χ2n) is 16.7. The van der Waals surface area contributed by atoms with Gasteiger partial charge in [-0.05, 0) is 121 Å². The van der Waals surface area contributed by atoms with Gasteiger partial charge in [-0.15, -0.1) is 0 Å². The molecule has 5 fully saturated rings. The van der Waals surface area contributed by atoms with Crippen molar-refractivity contribution in [3.63, 3.8) is 0 Å². The predicted octanol–water partition coefficient (Wildman–Crippen LogP) is 12.9. The number of allylic oxidation sites excluding steroid dienone is 2. The van der Waals surface area contributed by atoms with Crippen molar-refractivity contribution in [2.24, 2.45) is 76.4 Å². The Morgan fingerprint density at radius 1 is 0.707 bits per heavy atom. The quantitative estimate of drug-likeness (QED) is 0.257. The SMILES string of the molecule is CCCC1C(C)CC(C2C(=CC3CCCC3)CCC(C)C3(CCCC3C3CCCC3)C(C)C2CC)C(CC)C1CC. The van der Waals surface area contributed by atoms with Crippen molar-refractivity contribution in [1.82, 2.24) is 0 Å². The first-order chi connectivity index (χ1) is 19.9. The molecule has 1 spiro atoms. The topological polar surface area (TPSA) is 0 Å². The average molecular weight is 565 g/mol. The van der Waals surface area contributed by atoms with Crippen molar-refractivity contribution < 1.29 is 0 Å². The van der Waals surface area contributed by atoms with E-state index in [4.69, 9.17) is 0 Å². The maximum Gasteiger partial charge on any atom is -0.0141 e. The molecule has 0 heteroatoms. The molecule has 5 rings (SSSR count). The molecule has 0 aliphatic heterocycles. The monoisotopic (exact) mass is 565 g/mol. The van der Waals surface area contributed by atoms with Crippen LogP contribution < -0.4 is 0 Å². The van der Waals surface area contributed by atoms with Crippen molar-refractivity contribution in [2.75, 3.05) is 0 Å². The summed E-state index contributed by atoms with van der Waals surface area (Å²) >= 11 is 0. The third kappa shape index (κ3) is 6.05. The van der Waals surface area contributed by atoms with Gasteiger partial charge in [-0.2, -0.15) is 0 Å². The Morgan fingerprint density at radius 3 is 2.00 bits per heavy atom. The van der Waals surface area contributed by atoms with E-state index in [9.17, 15) is 0 Å². The molecule has 0 aromatic carbocycles. The molecular weight excluding hydrogens is 492 g/mol. The van der Waals surface area contributed by atoms with Crippen LogP contribution in [0.5, 0.6) is 0 Å². The molecule has 0 nitrogen and oxygen atoms in total. The van der Waals surface area contributed by atoms with E-state index in [-0.39, 0.29) is 0 Å². The molecule has 5 aliphatic rings.